The summed E-state index contributed by atoms with van der Waals surface area (Å²) in [6, 6.07) is 7.31. The topological polar surface area (TPSA) is 49.4 Å². The van der Waals surface area contributed by atoms with Gasteiger partial charge < -0.3 is 4.74 Å². The molecule has 5 heteroatoms. The molecule has 0 unspecified atom stereocenters. The van der Waals surface area contributed by atoms with Gasteiger partial charge in [-0.2, -0.15) is 0 Å². The first-order chi connectivity index (χ1) is 10.6. The van der Waals surface area contributed by atoms with E-state index >= 15 is 0 Å². The van der Waals surface area contributed by atoms with Crippen LogP contribution in [0.2, 0.25) is 0 Å². The van der Waals surface area contributed by atoms with Crippen LogP contribution in [0.5, 0.6) is 5.75 Å². The fourth-order valence-electron chi connectivity index (χ4n) is 3.09. The molecule has 1 aromatic carbocycles. The lowest BCUT2D eigenvalue weighted by molar-refractivity contribution is -0.510. The summed E-state index contributed by atoms with van der Waals surface area (Å²) in [7, 11) is 0. The minimum Gasteiger partial charge on any atom is -0.494 e. The standard InChI is InChI=1S/C17H20N2O3/c1-3-22-14-10-8-13(9-11-14)17-12(2)18(20)15-6-4-5-7-16(15)19(17)21/h8-11H,3-7H2,1-2H3/q+2. The maximum Gasteiger partial charge on any atom is 0.341 e. The van der Waals surface area contributed by atoms with Crippen molar-refractivity contribution in [2.75, 3.05) is 6.61 Å². The zero-order valence-electron chi connectivity index (χ0n) is 13.0. The van der Waals surface area contributed by atoms with Crippen molar-refractivity contribution < 1.29 is 14.3 Å². The summed E-state index contributed by atoms with van der Waals surface area (Å²) in [5, 5.41) is 0. The van der Waals surface area contributed by atoms with E-state index in [9.17, 15) is 9.81 Å². The van der Waals surface area contributed by atoms with Crippen molar-refractivity contribution >= 4 is 5.70 Å². The van der Waals surface area contributed by atoms with Gasteiger partial charge in [0.1, 0.15) is 5.75 Å². The van der Waals surface area contributed by atoms with Crippen LogP contribution >= 0.6 is 0 Å². The molecule has 0 aromatic heterocycles. The van der Waals surface area contributed by atoms with Gasteiger partial charge in [0.25, 0.3) is 0 Å². The monoisotopic (exact) mass is 300 g/mol. The first kappa shape index (κ1) is 14.6. The lowest BCUT2D eigenvalue weighted by atomic mass is 9.97. The smallest absolute Gasteiger partial charge is 0.341 e. The molecule has 3 rings (SSSR count). The van der Waals surface area contributed by atoms with Crippen LogP contribution in [-0.2, 0) is 0 Å². The molecule has 0 saturated heterocycles. The lowest BCUT2D eigenvalue weighted by Crippen LogP contribution is -2.25. The molecule has 5 nitrogen and oxygen atoms in total. The van der Waals surface area contributed by atoms with Crippen LogP contribution in [0, 0.1) is 9.81 Å². The third kappa shape index (κ3) is 2.36. The maximum atomic E-state index is 12.7. The summed E-state index contributed by atoms with van der Waals surface area (Å²) in [6.45, 7) is 4.23. The van der Waals surface area contributed by atoms with E-state index in [2.05, 4.69) is 0 Å². The highest BCUT2D eigenvalue weighted by molar-refractivity contribution is 5.62. The second-order valence-electron chi connectivity index (χ2n) is 5.58. The van der Waals surface area contributed by atoms with E-state index in [1.807, 2.05) is 31.2 Å². The molecule has 0 amide bonds. The summed E-state index contributed by atoms with van der Waals surface area (Å²) < 4.78 is 7.31. The molecule has 0 bridgehead atoms. The molecule has 22 heavy (non-hydrogen) atoms. The van der Waals surface area contributed by atoms with Crippen molar-refractivity contribution in [3.8, 4) is 5.75 Å². The Morgan fingerprint density at radius 1 is 1.00 bits per heavy atom. The molecule has 1 aromatic rings. The Hall–Kier alpha value is -2.30. The van der Waals surface area contributed by atoms with E-state index in [0.717, 1.165) is 33.7 Å². The van der Waals surface area contributed by atoms with Crippen LogP contribution in [0.4, 0.5) is 0 Å². The van der Waals surface area contributed by atoms with Gasteiger partial charge in [-0.05, 0) is 44.0 Å². The molecule has 0 saturated carbocycles. The number of nitrogens with zero attached hydrogens (tertiary/aromatic N) is 2. The van der Waals surface area contributed by atoms with Crippen molar-refractivity contribution in [3.63, 3.8) is 0 Å². The highest BCUT2D eigenvalue weighted by Crippen LogP contribution is 2.37. The van der Waals surface area contributed by atoms with Gasteiger partial charge in [0.15, 0.2) is 0 Å². The Morgan fingerprint density at radius 2 is 1.59 bits per heavy atom. The van der Waals surface area contributed by atoms with Crippen LogP contribution in [0.25, 0.3) is 5.70 Å². The third-order valence-electron chi connectivity index (χ3n) is 4.19. The van der Waals surface area contributed by atoms with Crippen molar-refractivity contribution in [3.05, 3.63) is 56.7 Å². The van der Waals surface area contributed by atoms with Crippen LogP contribution in [0.15, 0.2) is 41.4 Å². The maximum absolute atomic E-state index is 12.7. The normalized spacial score (nSPS) is 18.6. The fourth-order valence-corrected chi connectivity index (χ4v) is 3.09. The second kappa shape index (κ2) is 5.83. The largest absolute Gasteiger partial charge is 0.494 e. The molecule has 0 fully saturated rings. The van der Waals surface area contributed by atoms with Gasteiger partial charge in [0, 0.05) is 29.6 Å². The fraction of sp³-hybridized carbons (Fsp3) is 0.412. The lowest BCUT2D eigenvalue weighted by Gasteiger charge is -2.12. The Bertz CT molecular complexity index is 699. The quantitative estimate of drug-likeness (QED) is 0.789. The van der Waals surface area contributed by atoms with E-state index in [1.54, 1.807) is 6.92 Å². The molecule has 1 heterocycles. The molecule has 2 aliphatic rings. The van der Waals surface area contributed by atoms with Crippen LogP contribution in [0.3, 0.4) is 0 Å². The molecular formula is C17H20N2O3+2. The number of hydrogen-bond donors (Lipinski definition) is 0. The van der Waals surface area contributed by atoms with Gasteiger partial charge in [-0.1, -0.05) is 0 Å². The molecule has 0 spiro atoms. The van der Waals surface area contributed by atoms with Crippen molar-refractivity contribution in [1.82, 2.24) is 0 Å². The molecule has 1 aliphatic carbocycles. The van der Waals surface area contributed by atoms with Crippen LogP contribution in [0.1, 0.15) is 45.1 Å². The third-order valence-corrected chi connectivity index (χ3v) is 4.19. The first-order valence-corrected chi connectivity index (χ1v) is 7.74. The minimum absolute atomic E-state index is 0.443. The molecular weight excluding hydrogens is 280 g/mol. The highest BCUT2D eigenvalue weighted by Gasteiger charge is 2.48. The van der Waals surface area contributed by atoms with Gasteiger partial charge in [-0.15, -0.1) is 0 Å². The molecule has 1 aliphatic heterocycles. The molecule has 0 atom stereocenters. The number of hydrogen-bond acceptors (Lipinski definition) is 3. The van der Waals surface area contributed by atoms with Crippen molar-refractivity contribution in [2.24, 2.45) is 0 Å². The Kier molecular flexibility index (Phi) is 3.88. The number of benzene rings is 1. The van der Waals surface area contributed by atoms with E-state index < -0.39 is 0 Å². The van der Waals surface area contributed by atoms with Gasteiger partial charge in [0.05, 0.1) is 21.7 Å². The Labute approximate surface area is 129 Å². The second-order valence-corrected chi connectivity index (χ2v) is 5.58. The zero-order chi connectivity index (χ0) is 15.7. The van der Waals surface area contributed by atoms with Crippen LogP contribution in [-0.4, -0.2) is 16.1 Å². The molecule has 0 radical (unpaired) electrons. The van der Waals surface area contributed by atoms with E-state index in [0.29, 0.717) is 42.2 Å². The predicted molar refractivity (Wildman–Crippen MR) is 83.0 cm³/mol. The van der Waals surface area contributed by atoms with E-state index in [1.165, 1.54) is 0 Å². The zero-order valence-corrected chi connectivity index (χ0v) is 13.0. The molecule has 0 N–H and O–H groups in total. The number of nitroso groups, excluding NO2 is 2. The average molecular weight is 300 g/mol. The van der Waals surface area contributed by atoms with Gasteiger partial charge in [-0.3, -0.25) is 0 Å². The average Bonchev–Trinajstić information content (AvgIpc) is 2.55. The number of allylic oxidation sites excluding steroid dienone is 3. The summed E-state index contributed by atoms with van der Waals surface area (Å²) in [4.78, 5) is 25.2. The summed E-state index contributed by atoms with van der Waals surface area (Å²) in [6.07, 6.45) is 3.29. The number of ether oxygens (including phenoxy) is 1. The van der Waals surface area contributed by atoms with Crippen LogP contribution < -0.4 is 4.74 Å². The number of rotatable bonds is 3. The van der Waals surface area contributed by atoms with Gasteiger partial charge in [0.2, 0.25) is 0 Å². The Balaban J connectivity index is 2.01. The Morgan fingerprint density at radius 3 is 2.18 bits per heavy atom. The minimum atomic E-state index is 0.443. The van der Waals surface area contributed by atoms with Gasteiger partial charge >= 0.3 is 22.8 Å². The SMILES string of the molecule is CCOc1ccc(C2=C(C)[N+](=O)C3=C(CCCC3)[N+]2=O)cc1. The first-order valence-electron chi connectivity index (χ1n) is 7.74. The summed E-state index contributed by atoms with van der Waals surface area (Å²) in [5.41, 5.74) is 2.90. The highest BCUT2D eigenvalue weighted by atomic mass is 16.5. The van der Waals surface area contributed by atoms with Crippen molar-refractivity contribution in [1.29, 1.82) is 0 Å². The van der Waals surface area contributed by atoms with E-state index in [-0.39, 0.29) is 0 Å². The van der Waals surface area contributed by atoms with E-state index in [4.69, 9.17) is 4.74 Å². The molecule has 114 valence electrons. The predicted octanol–water partition coefficient (Wildman–Crippen LogP) is 4.13. The summed E-state index contributed by atoms with van der Waals surface area (Å²) >= 11 is 0. The summed E-state index contributed by atoms with van der Waals surface area (Å²) in [5.74, 6) is 0.759. The van der Waals surface area contributed by atoms with Crippen molar-refractivity contribution in [2.45, 2.75) is 39.5 Å². The van der Waals surface area contributed by atoms with Gasteiger partial charge in [-0.25, -0.2) is 0 Å².